The quantitative estimate of drug-likeness (QED) is 0.627. The fourth-order valence-corrected chi connectivity index (χ4v) is 2.50. The van der Waals surface area contributed by atoms with Crippen molar-refractivity contribution in [2.24, 2.45) is 0 Å². The number of benzene rings is 1. The van der Waals surface area contributed by atoms with E-state index in [0.717, 1.165) is 17.1 Å². The van der Waals surface area contributed by atoms with Crippen molar-refractivity contribution < 1.29 is 14.1 Å². The molecule has 7 nitrogen and oxygen atoms in total. The summed E-state index contributed by atoms with van der Waals surface area (Å²) in [5.74, 6) is 0.547. The normalized spacial score (nSPS) is 11.2. The van der Waals surface area contributed by atoms with Crippen molar-refractivity contribution in [3.05, 3.63) is 58.0 Å². The van der Waals surface area contributed by atoms with E-state index < -0.39 is 5.97 Å². The lowest BCUT2D eigenvalue weighted by Gasteiger charge is -2.06. The maximum absolute atomic E-state index is 12.2. The summed E-state index contributed by atoms with van der Waals surface area (Å²) in [6.45, 7) is 7.59. The standard InChI is InChI=1S/C18H19ClN4O3/c1-10(2)17-20-15(26-22-17)9-25-18(24)13-5-7-14(8-6-13)23-12(4)16(19)11(3)21-23/h5-8,10H,9H2,1-4H3. The van der Waals surface area contributed by atoms with Crippen LogP contribution in [0.5, 0.6) is 0 Å². The lowest BCUT2D eigenvalue weighted by atomic mass is 10.2. The second-order valence-corrected chi connectivity index (χ2v) is 6.60. The third-order valence-electron chi connectivity index (χ3n) is 3.88. The molecule has 0 bridgehead atoms. The molecule has 8 heteroatoms. The van der Waals surface area contributed by atoms with Gasteiger partial charge >= 0.3 is 5.97 Å². The van der Waals surface area contributed by atoms with Gasteiger partial charge in [0, 0.05) is 5.92 Å². The monoisotopic (exact) mass is 374 g/mol. The Morgan fingerprint density at radius 2 is 1.96 bits per heavy atom. The molecule has 0 saturated carbocycles. The number of rotatable bonds is 5. The molecule has 0 atom stereocenters. The SMILES string of the molecule is Cc1nn(-c2ccc(C(=O)OCc3nc(C(C)C)no3)cc2)c(C)c1Cl. The molecule has 136 valence electrons. The van der Waals surface area contributed by atoms with E-state index in [1.54, 1.807) is 28.9 Å². The van der Waals surface area contributed by atoms with Crippen LogP contribution in [0.15, 0.2) is 28.8 Å². The lowest BCUT2D eigenvalue weighted by molar-refractivity contribution is 0.0430. The Bertz CT molecular complexity index is 929. The summed E-state index contributed by atoms with van der Waals surface area (Å²) in [6.07, 6.45) is 0. The molecule has 0 aliphatic rings. The summed E-state index contributed by atoms with van der Waals surface area (Å²) >= 11 is 6.17. The van der Waals surface area contributed by atoms with Crippen LogP contribution in [0, 0.1) is 13.8 Å². The second kappa shape index (κ2) is 7.29. The van der Waals surface area contributed by atoms with E-state index in [9.17, 15) is 4.79 Å². The third kappa shape index (κ3) is 3.62. The zero-order valence-corrected chi connectivity index (χ0v) is 15.7. The molecule has 0 N–H and O–H groups in total. The first-order valence-corrected chi connectivity index (χ1v) is 8.56. The number of aryl methyl sites for hydroxylation is 1. The average molecular weight is 375 g/mol. The highest BCUT2D eigenvalue weighted by Crippen LogP contribution is 2.22. The molecule has 0 fully saturated rings. The number of hydrogen-bond acceptors (Lipinski definition) is 6. The minimum atomic E-state index is -0.466. The fourth-order valence-electron chi connectivity index (χ4n) is 2.39. The Hall–Kier alpha value is -2.67. The van der Waals surface area contributed by atoms with Crippen LogP contribution in [0.2, 0.25) is 5.02 Å². The summed E-state index contributed by atoms with van der Waals surface area (Å²) in [4.78, 5) is 16.3. The fraction of sp³-hybridized carbons (Fsp3) is 0.333. The molecule has 0 radical (unpaired) electrons. The van der Waals surface area contributed by atoms with Crippen LogP contribution in [0.25, 0.3) is 5.69 Å². The Labute approximate surface area is 155 Å². The first-order chi connectivity index (χ1) is 12.4. The molecule has 0 aliphatic carbocycles. The van der Waals surface area contributed by atoms with Crippen LogP contribution in [0.4, 0.5) is 0 Å². The van der Waals surface area contributed by atoms with E-state index in [4.69, 9.17) is 20.9 Å². The van der Waals surface area contributed by atoms with Crippen molar-refractivity contribution in [1.29, 1.82) is 0 Å². The first kappa shape index (κ1) is 18.1. The molecule has 1 aromatic carbocycles. The van der Waals surface area contributed by atoms with Gasteiger partial charge in [-0.05, 0) is 38.1 Å². The van der Waals surface area contributed by atoms with E-state index in [0.29, 0.717) is 16.4 Å². The number of nitrogens with zero attached hydrogens (tertiary/aromatic N) is 4. The minimum absolute atomic E-state index is 0.0621. The molecule has 0 amide bonds. The van der Waals surface area contributed by atoms with Crippen molar-refractivity contribution in [3.8, 4) is 5.69 Å². The van der Waals surface area contributed by atoms with E-state index >= 15 is 0 Å². The summed E-state index contributed by atoms with van der Waals surface area (Å²) in [6, 6.07) is 6.93. The van der Waals surface area contributed by atoms with Crippen LogP contribution < -0.4 is 0 Å². The van der Waals surface area contributed by atoms with E-state index in [1.807, 2.05) is 27.7 Å². The van der Waals surface area contributed by atoms with Crippen LogP contribution in [0.3, 0.4) is 0 Å². The molecule has 3 aromatic rings. The van der Waals surface area contributed by atoms with Crippen molar-refractivity contribution in [3.63, 3.8) is 0 Å². The van der Waals surface area contributed by atoms with E-state index in [-0.39, 0.29) is 18.4 Å². The molecule has 0 unspecified atom stereocenters. The predicted molar refractivity (Wildman–Crippen MR) is 95.6 cm³/mol. The lowest BCUT2D eigenvalue weighted by Crippen LogP contribution is -2.06. The average Bonchev–Trinajstić information content (AvgIpc) is 3.21. The predicted octanol–water partition coefficient (Wildman–Crippen LogP) is 4.01. The topological polar surface area (TPSA) is 83.0 Å². The zero-order chi connectivity index (χ0) is 18.8. The highest BCUT2D eigenvalue weighted by molar-refractivity contribution is 6.31. The summed E-state index contributed by atoms with van der Waals surface area (Å²) < 4.78 is 12.0. The molecule has 0 saturated heterocycles. The van der Waals surface area contributed by atoms with Crippen LogP contribution >= 0.6 is 11.6 Å². The maximum Gasteiger partial charge on any atom is 0.338 e. The van der Waals surface area contributed by atoms with Crippen molar-refractivity contribution in [1.82, 2.24) is 19.9 Å². The van der Waals surface area contributed by atoms with Crippen molar-refractivity contribution in [2.75, 3.05) is 0 Å². The first-order valence-electron chi connectivity index (χ1n) is 8.18. The van der Waals surface area contributed by atoms with E-state index in [1.165, 1.54) is 0 Å². The van der Waals surface area contributed by atoms with Gasteiger partial charge < -0.3 is 9.26 Å². The van der Waals surface area contributed by atoms with Crippen molar-refractivity contribution in [2.45, 2.75) is 40.2 Å². The summed E-state index contributed by atoms with van der Waals surface area (Å²) in [7, 11) is 0. The van der Waals surface area contributed by atoms with Gasteiger partial charge in [-0.2, -0.15) is 10.1 Å². The van der Waals surface area contributed by atoms with E-state index in [2.05, 4.69) is 15.2 Å². The molecule has 0 aliphatic heterocycles. The Balaban J connectivity index is 1.67. The zero-order valence-electron chi connectivity index (χ0n) is 15.0. The highest BCUT2D eigenvalue weighted by atomic mass is 35.5. The van der Waals surface area contributed by atoms with Gasteiger partial charge in [0.1, 0.15) is 0 Å². The number of ether oxygens (including phenoxy) is 1. The number of halogens is 1. The van der Waals surface area contributed by atoms with Gasteiger partial charge in [0.15, 0.2) is 12.4 Å². The van der Waals surface area contributed by atoms with Gasteiger partial charge in [0.25, 0.3) is 5.89 Å². The van der Waals surface area contributed by atoms with Gasteiger partial charge in [-0.3, -0.25) is 0 Å². The number of aromatic nitrogens is 4. The smallest absolute Gasteiger partial charge is 0.338 e. The second-order valence-electron chi connectivity index (χ2n) is 6.22. The molecule has 0 spiro atoms. The van der Waals surface area contributed by atoms with Crippen LogP contribution in [0.1, 0.15) is 53.2 Å². The Morgan fingerprint density at radius 1 is 1.27 bits per heavy atom. The highest BCUT2D eigenvalue weighted by Gasteiger charge is 2.14. The molecule has 2 aromatic heterocycles. The molecule has 2 heterocycles. The summed E-state index contributed by atoms with van der Waals surface area (Å²) in [5.41, 5.74) is 2.84. The van der Waals surface area contributed by atoms with Crippen LogP contribution in [-0.2, 0) is 11.3 Å². The van der Waals surface area contributed by atoms with Crippen molar-refractivity contribution >= 4 is 17.6 Å². The van der Waals surface area contributed by atoms with Gasteiger partial charge in [-0.25, -0.2) is 9.48 Å². The molecule has 3 rings (SSSR count). The maximum atomic E-state index is 12.2. The summed E-state index contributed by atoms with van der Waals surface area (Å²) in [5, 5.41) is 8.85. The minimum Gasteiger partial charge on any atom is -0.452 e. The Kier molecular flexibility index (Phi) is 5.08. The number of esters is 1. The van der Waals surface area contributed by atoms with Crippen LogP contribution in [-0.4, -0.2) is 25.9 Å². The third-order valence-corrected chi connectivity index (χ3v) is 4.42. The number of carbonyl (C=O) groups excluding carboxylic acids is 1. The molecular weight excluding hydrogens is 356 g/mol. The van der Waals surface area contributed by atoms with Gasteiger partial charge in [0.2, 0.25) is 0 Å². The van der Waals surface area contributed by atoms with Gasteiger partial charge in [0.05, 0.1) is 27.7 Å². The Morgan fingerprint density at radius 3 is 2.50 bits per heavy atom. The number of hydrogen-bond donors (Lipinski definition) is 0. The van der Waals surface area contributed by atoms with Gasteiger partial charge in [-0.15, -0.1) is 0 Å². The molecule has 26 heavy (non-hydrogen) atoms. The molecular formula is C18H19ClN4O3. The van der Waals surface area contributed by atoms with Gasteiger partial charge in [-0.1, -0.05) is 30.6 Å². The number of carbonyl (C=O) groups is 1. The largest absolute Gasteiger partial charge is 0.452 e.